The molecule has 3 rings (SSSR count). The Morgan fingerprint density at radius 2 is 1.21 bits per heavy atom. The molecule has 29 heavy (non-hydrogen) atoms. The van der Waals surface area contributed by atoms with Gasteiger partial charge in [0.05, 0.1) is 11.1 Å². The summed E-state index contributed by atoms with van der Waals surface area (Å²) in [5.74, 6) is -2.23. The minimum absolute atomic E-state index is 0.0374. The molecule has 4 nitrogen and oxygen atoms in total. The standard InChI is InChI=1S/C25H24O4/c1-15-8-9-17(3)19(10-15)12-21-13-20(11-18-7-5-4-6-16(18)2)22(24(26)27)14-23(21)25(28)29/h4-10,13-14H,11-12H2,1-3H3,(H,26,27)(H,28,29). The predicted octanol–water partition coefficient (Wildman–Crippen LogP) is 5.19. The topological polar surface area (TPSA) is 74.6 Å². The molecule has 0 amide bonds. The fourth-order valence-electron chi connectivity index (χ4n) is 3.60. The summed E-state index contributed by atoms with van der Waals surface area (Å²) in [6.07, 6.45) is 0.879. The summed E-state index contributed by atoms with van der Waals surface area (Å²) < 4.78 is 0. The Bertz CT molecular complexity index is 1100. The third-order valence-electron chi connectivity index (χ3n) is 5.32. The van der Waals surface area contributed by atoms with Gasteiger partial charge in [-0.1, -0.05) is 54.1 Å². The molecular weight excluding hydrogens is 364 g/mol. The van der Waals surface area contributed by atoms with Crippen LogP contribution in [0, 0.1) is 20.8 Å². The zero-order chi connectivity index (χ0) is 21.1. The van der Waals surface area contributed by atoms with Crippen LogP contribution in [0.2, 0.25) is 0 Å². The molecule has 0 atom stereocenters. The quantitative estimate of drug-likeness (QED) is 0.609. The summed E-state index contributed by atoms with van der Waals surface area (Å²) in [6.45, 7) is 5.98. The van der Waals surface area contributed by atoms with Crippen LogP contribution in [0.4, 0.5) is 0 Å². The Hall–Kier alpha value is -3.40. The number of hydrogen-bond acceptors (Lipinski definition) is 2. The fraction of sp³-hybridized carbons (Fsp3) is 0.200. The highest BCUT2D eigenvalue weighted by Crippen LogP contribution is 2.25. The van der Waals surface area contributed by atoms with Crippen LogP contribution in [0.25, 0.3) is 0 Å². The first kappa shape index (κ1) is 20.3. The van der Waals surface area contributed by atoms with Gasteiger partial charge in [-0.15, -0.1) is 0 Å². The van der Waals surface area contributed by atoms with Crippen LogP contribution in [0.5, 0.6) is 0 Å². The van der Waals surface area contributed by atoms with Crippen molar-refractivity contribution < 1.29 is 19.8 Å². The lowest BCUT2D eigenvalue weighted by Gasteiger charge is -2.15. The van der Waals surface area contributed by atoms with Gasteiger partial charge in [-0.3, -0.25) is 0 Å². The second-order valence-corrected chi connectivity index (χ2v) is 7.49. The Labute approximate surface area is 170 Å². The Morgan fingerprint density at radius 1 is 0.655 bits per heavy atom. The van der Waals surface area contributed by atoms with Gasteiger partial charge >= 0.3 is 11.9 Å². The van der Waals surface area contributed by atoms with Crippen molar-refractivity contribution in [2.24, 2.45) is 0 Å². The van der Waals surface area contributed by atoms with E-state index in [4.69, 9.17) is 0 Å². The Morgan fingerprint density at radius 3 is 1.79 bits per heavy atom. The van der Waals surface area contributed by atoms with Gasteiger partial charge in [0.15, 0.2) is 0 Å². The lowest BCUT2D eigenvalue weighted by Crippen LogP contribution is -2.11. The highest BCUT2D eigenvalue weighted by molar-refractivity contribution is 5.96. The monoisotopic (exact) mass is 388 g/mol. The maximum Gasteiger partial charge on any atom is 0.336 e. The van der Waals surface area contributed by atoms with Gasteiger partial charge in [0.25, 0.3) is 0 Å². The SMILES string of the molecule is Cc1ccc(C)c(Cc2cc(Cc3ccccc3C)c(C(=O)O)cc2C(=O)O)c1. The van der Waals surface area contributed by atoms with Crippen molar-refractivity contribution in [1.82, 2.24) is 0 Å². The first-order valence-corrected chi connectivity index (χ1v) is 9.49. The summed E-state index contributed by atoms with van der Waals surface area (Å²) in [5.41, 5.74) is 6.64. The number of carboxylic acids is 2. The average molecular weight is 388 g/mol. The zero-order valence-corrected chi connectivity index (χ0v) is 16.8. The van der Waals surface area contributed by atoms with Crippen LogP contribution < -0.4 is 0 Å². The van der Waals surface area contributed by atoms with Crippen molar-refractivity contribution in [3.05, 3.63) is 105 Å². The fourth-order valence-corrected chi connectivity index (χ4v) is 3.60. The smallest absolute Gasteiger partial charge is 0.336 e. The highest BCUT2D eigenvalue weighted by atomic mass is 16.4. The largest absolute Gasteiger partial charge is 0.478 e. The molecule has 3 aromatic carbocycles. The van der Waals surface area contributed by atoms with E-state index >= 15 is 0 Å². The van der Waals surface area contributed by atoms with Crippen LogP contribution in [-0.2, 0) is 12.8 Å². The molecular formula is C25H24O4. The third kappa shape index (κ3) is 4.54. The molecule has 0 bridgehead atoms. The van der Waals surface area contributed by atoms with Crippen LogP contribution in [0.1, 0.15) is 59.7 Å². The Kier molecular flexibility index (Phi) is 5.83. The van der Waals surface area contributed by atoms with Gasteiger partial charge in [0.1, 0.15) is 0 Å². The maximum absolute atomic E-state index is 11.9. The van der Waals surface area contributed by atoms with Crippen molar-refractivity contribution in [3.8, 4) is 0 Å². The molecule has 0 saturated carbocycles. The van der Waals surface area contributed by atoms with E-state index in [1.165, 1.54) is 6.07 Å². The molecule has 0 unspecified atom stereocenters. The first-order valence-electron chi connectivity index (χ1n) is 9.49. The van der Waals surface area contributed by atoms with Crippen LogP contribution in [0.15, 0.2) is 54.6 Å². The van der Waals surface area contributed by atoms with Crippen molar-refractivity contribution in [2.45, 2.75) is 33.6 Å². The van der Waals surface area contributed by atoms with Crippen molar-refractivity contribution >= 4 is 11.9 Å². The molecule has 0 spiro atoms. The molecule has 0 aliphatic carbocycles. The van der Waals surface area contributed by atoms with Crippen molar-refractivity contribution in [1.29, 1.82) is 0 Å². The van der Waals surface area contributed by atoms with E-state index < -0.39 is 11.9 Å². The molecule has 0 saturated heterocycles. The summed E-state index contributed by atoms with van der Waals surface area (Å²) in [5, 5.41) is 19.4. The molecule has 2 N–H and O–H groups in total. The molecule has 0 fully saturated rings. The molecule has 0 heterocycles. The minimum Gasteiger partial charge on any atom is -0.478 e. The number of carboxylic acid groups (broad SMARTS) is 2. The number of rotatable bonds is 6. The molecule has 0 aromatic heterocycles. The summed E-state index contributed by atoms with van der Waals surface area (Å²) in [7, 11) is 0. The molecule has 0 aliphatic rings. The Balaban J connectivity index is 2.14. The lowest BCUT2D eigenvalue weighted by atomic mass is 9.89. The normalized spacial score (nSPS) is 10.7. The summed E-state index contributed by atoms with van der Waals surface area (Å²) >= 11 is 0. The van der Waals surface area contributed by atoms with E-state index in [-0.39, 0.29) is 11.1 Å². The second-order valence-electron chi connectivity index (χ2n) is 7.49. The van der Waals surface area contributed by atoms with E-state index in [0.717, 1.165) is 27.8 Å². The van der Waals surface area contributed by atoms with E-state index in [2.05, 4.69) is 0 Å². The van der Waals surface area contributed by atoms with Crippen LogP contribution >= 0.6 is 0 Å². The number of benzene rings is 3. The van der Waals surface area contributed by atoms with Gasteiger partial charge in [-0.25, -0.2) is 9.59 Å². The number of aryl methyl sites for hydroxylation is 3. The zero-order valence-electron chi connectivity index (χ0n) is 16.8. The number of hydrogen-bond donors (Lipinski definition) is 2. The third-order valence-corrected chi connectivity index (χ3v) is 5.32. The summed E-state index contributed by atoms with van der Waals surface area (Å²) in [6, 6.07) is 17.0. The molecule has 0 aliphatic heterocycles. The molecule has 4 heteroatoms. The van der Waals surface area contributed by atoms with Gasteiger partial charge < -0.3 is 10.2 Å². The predicted molar refractivity (Wildman–Crippen MR) is 113 cm³/mol. The van der Waals surface area contributed by atoms with Gasteiger partial charge in [0, 0.05) is 0 Å². The average Bonchev–Trinajstić information content (AvgIpc) is 2.66. The van der Waals surface area contributed by atoms with Crippen LogP contribution in [0.3, 0.4) is 0 Å². The maximum atomic E-state index is 11.9. The summed E-state index contributed by atoms with van der Waals surface area (Å²) in [4.78, 5) is 23.7. The van der Waals surface area contributed by atoms with Crippen LogP contribution in [-0.4, -0.2) is 22.2 Å². The van der Waals surface area contributed by atoms with Gasteiger partial charge in [-0.05, 0) is 73.1 Å². The molecule has 0 radical (unpaired) electrons. The molecule has 148 valence electrons. The number of aromatic carboxylic acids is 2. The van der Waals surface area contributed by atoms with Gasteiger partial charge in [0.2, 0.25) is 0 Å². The second kappa shape index (κ2) is 8.31. The van der Waals surface area contributed by atoms with E-state index in [9.17, 15) is 19.8 Å². The van der Waals surface area contributed by atoms with E-state index in [1.807, 2.05) is 63.2 Å². The van der Waals surface area contributed by atoms with E-state index in [1.54, 1.807) is 6.07 Å². The van der Waals surface area contributed by atoms with E-state index in [0.29, 0.717) is 24.0 Å². The minimum atomic E-state index is -1.12. The highest BCUT2D eigenvalue weighted by Gasteiger charge is 2.20. The lowest BCUT2D eigenvalue weighted by molar-refractivity contribution is 0.0695. The number of carbonyl (C=O) groups is 2. The first-order chi connectivity index (χ1) is 13.8. The van der Waals surface area contributed by atoms with Gasteiger partial charge in [-0.2, -0.15) is 0 Å². The van der Waals surface area contributed by atoms with Crippen molar-refractivity contribution in [3.63, 3.8) is 0 Å². The molecule has 3 aromatic rings. The van der Waals surface area contributed by atoms with Crippen molar-refractivity contribution in [2.75, 3.05) is 0 Å².